The Hall–Kier alpha value is -1.12. The third-order valence-electron chi connectivity index (χ3n) is 3.38. The summed E-state index contributed by atoms with van der Waals surface area (Å²) in [5, 5.41) is 0.665. The summed E-state index contributed by atoms with van der Waals surface area (Å²) in [4.78, 5) is 12.6. The van der Waals surface area contributed by atoms with Crippen molar-refractivity contribution in [3.63, 3.8) is 0 Å². The zero-order chi connectivity index (χ0) is 12.8. The van der Waals surface area contributed by atoms with Gasteiger partial charge in [-0.1, -0.05) is 70.0 Å². The number of ketones is 1. The Labute approximate surface area is 119 Å². The van der Waals surface area contributed by atoms with E-state index in [2.05, 4.69) is 15.9 Å². The van der Waals surface area contributed by atoms with Crippen molar-refractivity contribution in [1.82, 2.24) is 0 Å². The van der Waals surface area contributed by atoms with Crippen LogP contribution in [0.3, 0.4) is 0 Å². The van der Waals surface area contributed by atoms with Crippen molar-refractivity contribution in [1.29, 1.82) is 0 Å². The lowest BCUT2D eigenvalue weighted by Crippen LogP contribution is -2.25. The van der Waals surface area contributed by atoms with Gasteiger partial charge in [-0.2, -0.15) is 0 Å². The van der Waals surface area contributed by atoms with Crippen LogP contribution in [0.2, 0.25) is 5.02 Å². The molecule has 1 atom stereocenters. The molecule has 0 amide bonds. The summed E-state index contributed by atoms with van der Waals surface area (Å²) in [7, 11) is 0. The van der Waals surface area contributed by atoms with Crippen LogP contribution in [-0.2, 0) is 10.7 Å². The number of carbonyl (C=O) groups is 1. The molecule has 1 aliphatic carbocycles. The number of hydrogen-bond acceptors (Lipinski definition) is 1. The predicted molar refractivity (Wildman–Crippen MR) is 76.5 cm³/mol. The molecule has 0 fully saturated rings. The van der Waals surface area contributed by atoms with E-state index in [1.54, 1.807) is 0 Å². The first kappa shape index (κ1) is 11.9. The minimum atomic E-state index is -0.665. The summed E-state index contributed by atoms with van der Waals surface area (Å²) in [6.45, 7) is 0. The fourth-order valence-electron chi connectivity index (χ4n) is 2.42. The average Bonchev–Trinajstić information content (AvgIpc) is 2.67. The van der Waals surface area contributed by atoms with E-state index in [0.717, 1.165) is 16.7 Å². The molecule has 1 unspecified atom stereocenters. The van der Waals surface area contributed by atoms with Crippen molar-refractivity contribution in [2.75, 3.05) is 0 Å². The number of Topliss-reactive ketones (excluding diaryl/α,β-unsaturated/α-hetero) is 1. The standard InChI is InChI=1S/C15H10BrClO/c16-15(10-5-2-1-3-6-10)9-12-11(14(15)18)7-4-8-13(12)17/h1-8H,9H2. The van der Waals surface area contributed by atoms with Gasteiger partial charge in [-0.05, 0) is 17.2 Å². The van der Waals surface area contributed by atoms with Gasteiger partial charge in [0, 0.05) is 17.0 Å². The molecule has 0 bridgehead atoms. The highest BCUT2D eigenvalue weighted by molar-refractivity contribution is 9.10. The van der Waals surface area contributed by atoms with E-state index in [0.29, 0.717) is 11.4 Å². The molecular formula is C15H10BrClO. The topological polar surface area (TPSA) is 17.1 Å². The van der Waals surface area contributed by atoms with Crippen LogP contribution in [0.15, 0.2) is 48.5 Å². The molecule has 1 aliphatic rings. The summed E-state index contributed by atoms with van der Waals surface area (Å²) in [5.41, 5.74) is 2.63. The second kappa shape index (κ2) is 4.22. The van der Waals surface area contributed by atoms with Crippen LogP contribution in [0.25, 0.3) is 0 Å². The Balaban J connectivity index is 2.15. The van der Waals surface area contributed by atoms with Crippen LogP contribution in [0.5, 0.6) is 0 Å². The minimum Gasteiger partial charge on any atom is -0.292 e. The Morgan fingerprint density at radius 2 is 1.78 bits per heavy atom. The lowest BCUT2D eigenvalue weighted by Gasteiger charge is -2.20. The van der Waals surface area contributed by atoms with Gasteiger partial charge >= 0.3 is 0 Å². The Morgan fingerprint density at radius 3 is 2.44 bits per heavy atom. The molecule has 0 N–H and O–H groups in total. The van der Waals surface area contributed by atoms with E-state index in [9.17, 15) is 4.79 Å². The third kappa shape index (κ3) is 1.63. The van der Waals surface area contributed by atoms with E-state index in [1.807, 2.05) is 48.5 Å². The normalized spacial score (nSPS) is 22.0. The van der Waals surface area contributed by atoms with Crippen LogP contribution in [-0.4, -0.2) is 5.78 Å². The molecule has 2 aromatic rings. The third-order valence-corrected chi connectivity index (χ3v) is 4.83. The number of halogens is 2. The second-order valence-corrected chi connectivity index (χ2v) is 6.20. The molecule has 0 radical (unpaired) electrons. The highest BCUT2D eigenvalue weighted by atomic mass is 79.9. The molecule has 3 heteroatoms. The van der Waals surface area contributed by atoms with Gasteiger partial charge in [-0.3, -0.25) is 4.79 Å². The van der Waals surface area contributed by atoms with E-state index in [4.69, 9.17) is 11.6 Å². The van der Waals surface area contributed by atoms with Crippen LogP contribution < -0.4 is 0 Å². The Morgan fingerprint density at radius 1 is 1.06 bits per heavy atom. The van der Waals surface area contributed by atoms with Gasteiger partial charge in [-0.25, -0.2) is 0 Å². The molecular weight excluding hydrogens is 312 g/mol. The van der Waals surface area contributed by atoms with Crippen molar-refractivity contribution in [2.45, 2.75) is 10.7 Å². The van der Waals surface area contributed by atoms with Crippen LogP contribution >= 0.6 is 27.5 Å². The highest BCUT2D eigenvalue weighted by Gasteiger charge is 2.45. The number of benzene rings is 2. The maximum atomic E-state index is 12.6. The molecule has 18 heavy (non-hydrogen) atoms. The molecule has 0 saturated heterocycles. The van der Waals surface area contributed by atoms with Crippen molar-refractivity contribution in [3.8, 4) is 0 Å². The van der Waals surface area contributed by atoms with Gasteiger partial charge in [-0.15, -0.1) is 0 Å². The van der Waals surface area contributed by atoms with Gasteiger partial charge in [0.2, 0.25) is 0 Å². The van der Waals surface area contributed by atoms with Gasteiger partial charge in [0.15, 0.2) is 5.78 Å². The fraction of sp³-hybridized carbons (Fsp3) is 0.133. The first-order valence-electron chi connectivity index (χ1n) is 5.69. The monoisotopic (exact) mass is 320 g/mol. The number of carbonyl (C=O) groups excluding carboxylic acids is 1. The predicted octanol–water partition coefficient (Wildman–Crippen LogP) is 4.37. The number of fused-ring (bicyclic) bond motifs is 1. The molecule has 0 heterocycles. The smallest absolute Gasteiger partial charge is 0.184 e. The van der Waals surface area contributed by atoms with E-state index < -0.39 is 4.32 Å². The van der Waals surface area contributed by atoms with Gasteiger partial charge in [0.1, 0.15) is 4.32 Å². The summed E-state index contributed by atoms with van der Waals surface area (Å²) < 4.78 is -0.665. The molecule has 0 saturated carbocycles. The summed E-state index contributed by atoms with van der Waals surface area (Å²) in [6.07, 6.45) is 0.602. The van der Waals surface area contributed by atoms with Crippen molar-refractivity contribution >= 4 is 33.3 Å². The summed E-state index contributed by atoms with van der Waals surface area (Å²) in [6, 6.07) is 15.3. The molecule has 1 nitrogen and oxygen atoms in total. The van der Waals surface area contributed by atoms with Crippen molar-refractivity contribution < 1.29 is 4.79 Å². The lowest BCUT2D eigenvalue weighted by molar-refractivity contribution is 0.0960. The molecule has 2 aromatic carbocycles. The molecule has 0 spiro atoms. The molecule has 90 valence electrons. The average molecular weight is 322 g/mol. The lowest BCUT2D eigenvalue weighted by atomic mass is 9.95. The van der Waals surface area contributed by atoms with E-state index in [1.165, 1.54) is 0 Å². The van der Waals surface area contributed by atoms with Crippen LogP contribution in [0.4, 0.5) is 0 Å². The zero-order valence-electron chi connectivity index (χ0n) is 9.49. The van der Waals surface area contributed by atoms with Gasteiger partial charge < -0.3 is 0 Å². The van der Waals surface area contributed by atoms with Crippen LogP contribution in [0.1, 0.15) is 21.5 Å². The maximum Gasteiger partial charge on any atom is 0.184 e. The first-order valence-corrected chi connectivity index (χ1v) is 6.86. The van der Waals surface area contributed by atoms with Gasteiger partial charge in [0.25, 0.3) is 0 Å². The fourth-order valence-corrected chi connectivity index (χ4v) is 3.42. The number of rotatable bonds is 1. The minimum absolute atomic E-state index is 0.0891. The second-order valence-electron chi connectivity index (χ2n) is 4.44. The van der Waals surface area contributed by atoms with Gasteiger partial charge in [0.05, 0.1) is 0 Å². The Bertz CT molecular complexity index is 624. The summed E-state index contributed by atoms with van der Waals surface area (Å²) in [5.74, 6) is 0.0891. The first-order chi connectivity index (χ1) is 8.63. The molecule has 0 aromatic heterocycles. The Kier molecular flexibility index (Phi) is 2.80. The number of alkyl halides is 1. The largest absolute Gasteiger partial charge is 0.292 e. The van der Waals surface area contributed by atoms with E-state index in [-0.39, 0.29) is 5.78 Å². The van der Waals surface area contributed by atoms with Crippen molar-refractivity contribution in [2.24, 2.45) is 0 Å². The molecule has 0 aliphatic heterocycles. The quantitative estimate of drug-likeness (QED) is 0.713. The maximum absolute atomic E-state index is 12.6. The summed E-state index contributed by atoms with van der Waals surface area (Å²) >= 11 is 9.80. The van der Waals surface area contributed by atoms with Crippen molar-refractivity contribution in [3.05, 3.63) is 70.2 Å². The SMILES string of the molecule is O=C1c2cccc(Cl)c2CC1(Br)c1ccccc1. The van der Waals surface area contributed by atoms with E-state index >= 15 is 0 Å². The highest BCUT2D eigenvalue weighted by Crippen LogP contribution is 2.46. The molecule has 3 rings (SSSR count). The van der Waals surface area contributed by atoms with Crippen LogP contribution in [0, 0.1) is 0 Å². The zero-order valence-corrected chi connectivity index (χ0v) is 11.8. The number of hydrogen-bond donors (Lipinski definition) is 0.